The molecule has 0 fully saturated rings. The number of ether oxygens (including phenoxy) is 1. The van der Waals surface area contributed by atoms with Crippen LogP contribution < -0.4 is 10.5 Å². The number of nitrogens with two attached hydrogens (primary N) is 1. The first kappa shape index (κ1) is 13.1. The maximum atomic E-state index is 6.07. The maximum absolute atomic E-state index is 6.07. The molecule has 1 aromatic carbocycles. The van der Waals surface area contributed by atoms with E-state index in [0.29, 0.717) is 0 Å². The van der Waals surface area contributed by atoms with E-state index in [-0.39, 0.29) is 5.54 Å². The molecule has 2 rings (SSSR count). The quantitative estimate of drug-likeness (QED) is 0.921. The minimum Gasteiger partial charge on any atom is -0.496 e. The average molecular weight is 262 g/mol. The Hall–Kier alpha value is -1.39. The van der Waals surface area contributed by atoms with Gasteiger partial charge in [-0.1, -0.05) is 18.2 Å². The summed E-state index contributed by atoms with van der Waals surface area (Å²) in [5, 5.41) is 1.06. The second-order valence-electron chi connectivity index (χ2n) is 4.83. The van der Waals surface area contributed by atoms with E-state index in [1.807, 2.05) is 38.2 Å². The predicted molar refractivity (Wildman–Crippen MR) is 75.1 cm³/mol. The average Bonchev–Trinajstić information content (AvgIpc) is 2.78. The van der Waals surface area contributed by atoms with Gasteiger partial charge in [-0.15, -0.1) is 11.3 Å². The number of para-hydroxylation sites is 1. The van der Waals surface area contributed by atoms with Gasteiger partial charge in [-0.2, -0.15) is 0 Å². The van der Waals surface area contributed by atoms with Crippen LogP contribution in [-0.2, 0) is 12.0 Å². The van der Waals surface area contributed by atoms with Crippen molar-refractivity contribution in [1.82, 2.24) is 4.98 Å². The Morgan fingerprint density at radius 3 is 2.67 bits per heavy atom. The molecular formula is C14H18N2OS. The Morgan fingerprint density at radius 1 is 1.33 bits per heavy atom. The molecule has 0 saturated heterocycles. The first-order chi connectivity index (χ1) is 8.50. The second-order valence-corrected chi connectivity index (χ2v) is 5.94. The predicted octanol–water partition coefficient (Wildman–Crippen LogP) is 2.94. The van der Waals surface area contributed by atoms with Crippen LogP contribution >= 0.6 is 11.3 Å². The fraction of sp³-hybridized carbons (Fsp3) is 0.357. The largest absolute Gasteiger partial charge is 0.496 e. The number of hydrogen-bond donors (Lipinski definition) is 1. The van der Waals surface area contributed by atoms with Gasteiger partial charge in [-0.25, -0.2) is 4.98 Å². The molecule has 0 radical (unpaired) electrons. The third-order valence-electron chi connectivity index (χ3n) is 2.72. The molecule has 96 valence electrons. The van der Waals surface area contributed by atoms with Crippen LogP contribution in [0.15, 0.2) is 30.5 Å². The van der Waals surface area contributed by atoms with Gasteiger partial charge < -0.3 is 10.5 Å². The van der Waals surface area contributed by atoms with Crippen LogP contribution in [0.5, 0.6) is 5.75 Å². The first-order valence-corrected chi connectivity index (χ1v) is 6.68. The highest BCUT2D eigenvalue weighted by Crippen LogP contribution is 2.27. The van der Waals surface area contributed by atoms with Crippen molar-refractivity contribution in [3.8, 4) is 5.75 Å². The van der Waals surface area contributed by atoms with E-state index in [4.69, 9.17) is 10.5 Å². The summed E-state index contributed by atoms with van der Waals surface area (Å²) in [6, 6.07) is 8.02. The van der Waals surface area contributed by atoms with Crippen LogP contribution in [0.4, 0.5) is 0 Å². The highest BCUT2D eigenvalue weighted by atomic mass is 32.1. The van der Waals surface area contributed by atoms with Crippen LogP contribution in [0.25, 0.3) is 0 Å². The van der Waals surface area contributed by atoms with E-state index >= 15 is 0 Å². The Balaban J connectivity index is 2.22. The van der Waals surface area contributed by atoms with Gasteiger partial charge in [0.15, 0.2) is 0 Å². The van der Waals surface area contributed by atoms with Crippen molar-refractivity contribution < 1.29 is 4.74 Å². The zero-order valence-corrected chi connectivity index (χ0v) is 11.8. The molecule has 18 heavy (non-hydrogen) atoms. The summed E-state index contributed by atoms with van der Waals surface area (Å²) < 4.78 is 5.34. The molecule has 0 unspecified atom stereocenters. The standard InChI is InChI=1S/C14H18N2OS/c1-14(2,15)12-9-16-13(18-12)8-10-6-4-5-7-11(10)17-3/h4-7,9H,8,15H2,1-3H3. The van der Waals surface area contributed by atoms with Crippen LogP contribution in [0.1, 0.15) is 29.3 Å². The smallest absolute Gasteiger partial charge is 0.122 e. The second kappa shape index (κ2) is 5.08. The third kappa shape index (κ3) is 2.89. The van der Waals surface area contributed by atoms with Crippen LogP contribution in [0.2, 0.25) is 0 Å². The SMILES string of the molecule is COc1ccccc1Cc1ncc(C(C)(C)N)s1. The summed E-state index contributed by atoms with van der Waals surface area (Å²) in [6.45, 7) is 3.99. The highest BCUT2D eigenvalue weighted by molar-refractivity contribution is 7.11. The van der Waals surface area contributed by atoms with Crippen molar-refractivity contribution in [2.45, 2.75) is 25.8 Å². The van der Waals surface area contributed by atoms with Gasteiger partial charge >= 0.3 is 0 Å². The van der Waals surface area contributed by atoms with Crippen molar-refractivity contribution in [1.29, 1.82) is 0 Å². The number of benzene rings is 1. The fourth-order valence-corrected chi connectivity index (χ4v) is 2.66. The summed E-state index contributed by atoms with van der Waals surface area (Å²) in [5.74, 6) is 0.904. The Labute approximate surface area is 112 Å². The summed E-state index contributed by atoms with van der Waals surface area (Å²) in [4.78, 5) is 5.54. The number of aromatic nitrogens is 1. The number of hydrogen-bond acceptors (Lipinski definition) is 4. The van der Waals surface area contributed by atoms with Crippen LogP contribution in [-0.4, -0.2) is 12.1 Å². The van der Waals surface area contributed by atoms with E-state index in [2.05, 4.69) is 11.1 Å². The fourth-order valence-electron chi connectivity index (χ4n) is 1.70. The third-order valence-corrected chi connectivity index (χ3v) is 4.06. The topological polar surface area (TPSA) is 48.1 Å². The lowest BCUT2D eigenvalue weighted by atomic mass is 10.1. The molecule has 0 aliphatic heterocycles. The van der Waals surface area contributed by atoms with Crippen molar-refractivity contribution in [3.05, 3.63) is 45.9 Å². The Kier molecular flexibility index (Phi) is 3.68. The zero-order chi connectivity index (χ0) is 13.2. The van der Waals surface area contributed by atoms with Crippen LogP contribution in [0.3, 0.4) is 0 Å². The van der Waals surface area contributed by atoms with E-state index in [0.717, 1.165) is 27.6 Å². The molecule has 0 atom stereocenters. The van der Waals surface area contributed by atoms with E-state index in [1.54, 1.807) is 18.4 Å². The number of methoxy groups -OCH3 is 1. The molecule has 0 aliphatic rings. The number of nitrogens with zero attached hydrogens (tertiary/aromatic N) is 1. The summed E-state index contributed by atoms with van der Waals surface area (Å²) in [6.07, 6.45) is 2.65. The van der Waals surface area contributed by atoms with Crippen molar-refractivity contribution in [2.24, 2.45) is 5.73 Å². The van der Waals surface area contributed by atoms with Gasteiger partial charge in [0.05, 0.1) is 12.1 Å². The molecule has 0 spiro atoms. The monoisotopic (exact) mass is 262 g/mol. The molecule has 2 N–H and O–H groups in total. The van der Waals surface area contributed by atoms with Gasteiger partial charge in [0.25, 0.3) is 0 Å². The normalized spacial score (nSPS) is 11.6. The van der Waals surface area contributed by atoms with Gasteiger partial charge in [0, 0.05) is 28.6 Å². The molecule has 1 heterocycles. The molecule has 0 saturated carbocycles. The molecule has 3 nitrogen and oxygen atoms in total. The number of rotatable bonds is 4. The molecular weight excluding hydrogens is 244 g/mol. The van der Waals surface area contributed by atoms with E-state index < -0.39 is 0 Å². The van der Waals surface area contributed by atoms with Crippen molar-refractivity contribution in [3.63, 3.8) is 0 Å². The minimum atomic E-state index is -0.323. The molecule has 2 aromatic rings. The van der Waals surface area contributed by atoms with Crippen molar-refractivity contribution in [2.75, 3.05) is 7.11 Å². The highest BCUT2D eigenvalue weighted by Gasteiger charge is 2.18. The van der Waals surface area contributed by atoms with Gasteiger partial charge in [-0.05, 0) is 19.9 Å². The lowest BCUT2D eigenvalue weighted by molar-refractivity contribution is 0.410. The Bertz CT molecular complexity index is 529. The minimum absolute atomic E-state index is 0.323. The summed E-state index contributed by atoms with van der Waals surface area (Å²) in [7, 11) is 1.69. The lowest BCUT2D eigenvalue weighted by Gasteiger charge is -2.14. The first-order valence-electron chi connectivity index (χ1n) is 5.86. The molecule has 1 aromatic heterocycles. The van der Waals surface area contributed by atoms with Gasteiger partial charge in [0.2, 0.25) is 0 Å². The lowest BCUT2D eigenvalue weighted by Crippen LogP contribution is -2.27. The summed E-state index contributed by atoms with van der Waals surface area (Å²) >= 11 is 1.66. The molecule has 0 amide bonds. The van der Waals surface area contributed by atoms with E-state index in [1.165, 1.54) is 0 Å². The van der Waals surface area contributed by atoms with Gasteiger partial charge in [0.1, 0.15) is 5.75 Å². The molecule has 0 aliphatic carbocycles. The molecule has 4 heteroatoms. The van der Waals surface area contributed by atoms with E-state index in [9.17, 15) is 0 Å². The maximum Gasteiger partial charge on any atom is 0.122 e. The summed E-state index contributed by atoms with van der Waals surface area (Å²) in [5.41, 5.74) is 6.89. The van der Waals surface area contributed by atoms with Gasteiger partial charge in [-0.3, -0.25) is 0 Å². The molecule has 0 bridgehead atoms. The number of thiazole rings is 1. The van der Waals surface area contributed by atoms with Crippen molar-refractivity contribution >= 4 is 11.3 Å². The van der Waals surface area contributed by atoms with Crippen LogP contribution in [0, 0.1) is 0 Å². The zero-order valence-electron chi connectivity index (χ0n) is 10.9. The Morgan fingerprint density at radius 2 is 2.06 bits per heavy atom.